The summed E-state index contributed by atoms with van der Waals surface area (Å²) in [4.78, 5) is 16.6. The van der Waals surface area contributed by atoms with Gasteiger partial charge < -0.3 is 15.1 Å². The quantitative estimate of drug-likeness (QED) is 0.679. The maximum atomic E-state index is 11.2. The number of rotatable bonds is 2. The van der Waals surface area contributed by atoms with Crippen molar-refractivity contribution in [1.82, 2.24) is 9.97 Å². The summed E-state index contributed by atoms with van der Waals surface area (Å²) in [5.41, 5.74) is 3.59. The number of aryl methyl sites for hydroxylation is 1. The molecule has 0 fully saturated rings. The predicted molar refractivity (Wildman–Crippen MR) is 79.2 cm³/mol. The zero-order chi connectivity index (χ0) is 14.3. The monoisotopic (exact) mass is 288 g/mol. The van der Waals surface area contributed by atoms with Crippen molar-refractivity contribution in [3.8, 4) is 0 Å². The van der Waals surface area contributed by atoms with Gasteiger partial charge in [0.2, 0.25) is 0 Å². The van der Waals surface area contributed by atoms with Crippen molar-refractivity contribution < 1.29 is 5.11 Å². The highest BCUT2D eigenvalue weighted by Gasteiger charge is 2.14. The third kappa shape index (κ3) is 2.24. The lowest BCUT2D eigenvalue weighted by atomic mass is 9.97. The molecule has 3 rings (SSSR count). The Bertz CT molecular complexity index is 835. The third-order valence-corrected chi connectivity index (χ3v) is 3.62. The SMILES string of the molecule is Cc1cc(Cl)ccc1C(O)c1ccc2[nH]c(=O)[nH]c2c1. The first kappa shape index (κ1) is 13.0. The summed E-state index contributed by atoms with van der Waals surface area (Å²) < 4.78 is 0. The predicted octanol–water partition coefficient (Wildman–Crippen LogP) is 2.90. The zero-order valence-electron chi connectivity index (χ0n) is 10.8. The van der Waals surface area contributed by atoms with E-state index >= 15 is 0 Å². The van der Waals surface area contributed by atoms with Gasteiger partial charge in [-0.1, -0.05) is 23.7 Å². The first-order valence-corrected chi connectivity index (χ1v) is 6.58. The van der Waals surface area contributed by atoms with E-state index in [9.17, 15) is 9.90 Å². The van der Waals surface area contributed by atoms with Gasteiger partial charge in [-0.25, -0.2) is 4.79 Å². The lowest BCUT2D eigenvalue weighted by Gasteiger charge is -2.14. The molecule has 1 atom stereocenters. The molecule has 3 aromatic rings. The first-order valence-electron chi connectivity index (χ1n) is 6.20. The number of fused-ring (bicyclic) bond motifs is 1. The Morgan fingerprint density at radius 2 is 1.85 bits per heavy atom. The van der Waals surface area contributed by atoms with Crippen LogP contribution in [0.2, 0.25) is 5.02 Å². The summed E-state index contributed by atoms with van der Waals surface area (Å²) >= 11 is 5.92. The third-order valence-electron chi connectivity index (χ3n) is 3.38. The van der Waals surface area contributed by atoms with Gasteiger partial charge in [0.1, 0.15) is 6.10 Å². The van der Waals surface area contributed by atoms with Crippen LogP contribution in [0.25, 0.3) is 11.0 Å². The minimum atomic E-state index is -0.755. The van der Waals surface area contributed by atoms with Gasteiger partial charge in [-0.05, 0) is 47.9 Å². The Morgan fingerprint density at radius 1 is 1.10 bits per heavy atom. The van der Waals surface area contributed by atoms with Crippen LogP contribution >= 0.6 is 11.6 Å². The van der Waals surface area contributed by atoms with Crippen molar-refractivity contribution in [2.45, 2.75) is 13.0 Å². The van der Waals surface area contributed by atoms with E-state index in [0.717, 1.165) is 22.2 Å². The van der Waals surface area contributed by atoms with E-state index in [-0.39, 0.29) is 5.69 Å². The fourth-order valence-electron chi connectivity index (χ4n) is 2.35. The fraction of sp³-hybridized carbons (Fsp3) is 0.133. The second-order valence-electron chi connectivity index (χ2n) is 4.79. The number of imidazole rings is 1. The van der Waals surface area contributed by atoms with E-state index in [1.165, 1.54) is 0 Å². The summed E-state index contributed by atoms with van der Waals surface area (Å²) in [5, 5.41) is 11.1. The zero-order valence-corrected chi connectivity index (χ0v) is 11.5. The average Bonchev–Trinajstić information content (AvgIpc) is 2.77. The van der Waals surface area contributed by atoms with E-state index < -0.39 is 6.10 Å². The highest BCUT2D eigenvalue weighted by Crippen LogP contribution is 2.27. The second kappa shape index (κ2) is 4.81. The van der Waals surface area contributed by atoms with Gasteiger partial charge in [-0.3, -0.25) is 0 Å². The first-order chi connectivity index (χ1) is 9.54. The van der Waals surface area contributed by atoms with Gasteiger partial charge >= 0.3 is 5.69 Å². The van der Waals surface area contributed by atoms with Gasteiger partial charge in [-0.2, -0.15) is 0 Å². The lowest BCUT2D eigenvalue weighted by molar-refractivity contribution is 0.219. The molecule has 0 radical (unpaired) electrons. The molecule has 3 N–H and O–H groups in total. The smallest absolute Gasteiger partial charge is 0.323 e. The molecular weight excluding hydrogens is 276 g/mol. The highest BCUT2D eigenvalue weighted by atomic mass is 35.5. The van der Waals surface area contributed by atoms with Crippen molar-refractivity contribution in [2.24, 2.45) is 0 Å². The molecule has 0 amide bonds. The van der Waals surface area contributed by atoms with Crippen LogP contribution in [-0.2, 0) is 0 Å². The standard InChI is InChI=1S/C15H13ClN2O2/c1-8-6-10(16)3-4-11(8)14(19)9-2-5-12-13(7-9)18-15(20)17-12/h2-7,14,19H,1H3,(H2,17,18,20). The Morgan fingerprint density at radius 3 is 2.60 bits per heavy atom. The van der Waals surface area contributed by atoms with Crippen LogP contribution in [0, 0.1) is 6.92 Å². The molecule has 20 heavy (non-hydrogen) atoms. The molecule has 0 aliphatic rings. The summed E-state index contributed by atoms with van der Waals surface area (Å²) in [5.74, 6) is 0. The van der Waals surface area contributed by atoms with Crippen LogP contribution in [-0.4, -0.2) is 15.1 Å². The van der Waals surface area contributed by atoms with E-state index in [2.05, 4.69) is 9.97 Å². The highest BCUT2D eigenvalue weighted by molar-refractivity contribution is 6.30. The number of aliphatic hydroxyl groups excluding tert-OH is 1. The molecule has 0 aliphatic heterocycles. The maximum Gasteiger partial charge on any atom is 0.323 e. The van der Waals surface area contributed by atoms with Crippen molar-refractivity contribution >= 4 is 22.6 Å². The average molecular weight is 289 g/mol. The summed E-state index contributed by atoms with van der Waals surface area (Å²) in [6.45, 7) is 1.90. The molecule has 5 heteroatoms. The molecule has 0 saturated carbocycles. The van der Waals surface area contributed by atoms with Crippen LogP contribution < -0.4 is 5.69 Å². The van der Waals surface area contributed by atoms with Crippen molar-refractivity contribution in [2.75, 3.05) is 0 Å². The summed E-state index contributed by atoms with van der Waals surface area (Å²) in [6, 6.07) is 10.7. The van der Waals surface area contributed by atoms with Crippen LogP contribution in [0.4, 0.5) is 0 Å². The van der Waals surface area contributed by atoms with Crippen molar-refractivity contribution in [3.05, 3.63) is 68.6 Å². The number of H-pyrrole nitrogens is 2. The van der Waals surface area contributed by atoms with E-state index in [4.69, 9.17) is 11.6 Å². The number of aromatic nitrogens is 2. The molecule has 4 nitrogen and oxygen atoms in total. The topological polar surface area (TPSA) is 68.9 Å². The summed E-state index contributed by atoms with van der Waals surface area (Å²) in [6.07, 6.45) is -0.755. The molecule has 0 saturated heterocycles. The Balaban J connectivity index is 2.06. The minimum absolute atomic E-state index is 0.255. The van der Waals surface area contributed by atoms with Crippen LogP contribution in [0.1, 0.15) is 22.8 Å². The van der Waals surface area contributed by atoms with Crippen LogP contribution in [0.3, 0.4) is 0 Å². The number of hydrogen-bond acceptors (Lipinski definition) is 2. The number of aromatic amines is 2. The van der Waals surface area contributed by atoms with Crippen LogP contribution in [0.15, 0.2) is 41.2 Å². The molecule has 1 heterocycles. The Kier molecular flexibility index (Phi) is 3.12. The van der Waals surface area contributed by atoms with Crippen molar-refractivity contribution in [3.63, 3.8) is 0 Å². The largest absolute Gasteiger partial charge is 0.384 e. The number of halogens is 1. The molecule has 102 valence electrons. The molecule has 2 aromatic carbocycles. The number of aliphatic hydroxyl groups is 1. The summed E-state index contributed by atoms with van der Waals surface area (Å²) in [7, 11) is 0. The minimum Gasteiger partial charge on any atom is -0.384 e. The van der Waals surface area contributed by atoms with Gasteiger partial charge in [-0.15, -0.1) is 0 Å². The molecule has 0 aliphatic carbocycles. The molecule has 0 spiro atoms. The number of benzene rings is 2. The maximum absolute atomic E-state index is 11.2. The van der Waals surface area contributed by atoms with Gasteiger partial charge in [0.15, 0.2) is 0 Å². The van der Waals surface area contributed by atoms with Gasteiger partial charge in [0.05, 0.1) is 11.0 Å². The Labute approximate surface area is 120 Å². The normalized spacial score (nSPS) is 12.8. The van der Waals surface area contributed by atoms with E-state index in [1.54, 1.807) is 24.3 Å². The number of nitrogens with one attached hydrogen (secondary N) is 2. The molecule has 1 unspecified atom stereocenters. The Hall–Kier alpha value is -2.04. The lowest BCUT2D eigenvalue weighted by Crippen LogP contribution is -2.02. The van der Waals surface area contributed by atoms with E-state index in [0.29, 0.717) is 10.5 Å². The second-order valence-corrected chi connectivity index (χ2v) is 5.22. The van der Waals surface area contributed by atoms with E-state index in [1.807, 2.05) is 19.1 Å². The van der Waals surface area contributed by atoms with Gasteiger partial charge in [0.25, 0.3) is 0 Å². The number of hydrogen-bond donors (Lipinski definition) is 3. The molecule has 1 aromatic heterocycles. The molecule has 0 bridgehead atoms. The molecular formula is C15H13ClN2O2. The van der Waals surface area contributed by atoms with Crippen molar-refractivity contribution in [1.29, 1.82) is 0 Å². The van der Waals surface area contributed by atoms with Gasteiger partial charge in [0, 0.05) is 5.02 Å². The van der Waals surface area contributed by atoms with Crippen LogP contribution in [0.5, 0.6) is 0 Å². The fourth-order valence-corrected chi connectivity index (χ4v) is 2.57.